The Hall–Kier alpha value is -2.39. The molecule has 1 saturated heterocycles. The average molecular weight is 444 g/mol. The van der Waals surface area contributed by atoms with Crippen LogP contribution in [0.15, 0.2) is 33.9 Å². The van der Waals surface area contributed by atoms with E-state index in [1.165, 1.54) is 0 Å². The van der Waals surface area contributed by atoms with Crippen LogP contribution in [-0.2, 0) is 17.7 Å². The summed E-state index contributed by atoms with van der Waals surface area (Å²) in [5.74, 6) is 3.02. The van der Waals surface area contributed by atoms with E-state index >= 15 is 0 Å². The van der Waals surface area contributed by atoms with Gasteiger partial charge in [0.2, 0.25) is 5.89 Å². The van der Waals surface area contributed by atoms with E-state index in [0.29, 0.717) is 5.89 Å². The molecule has 1 aromatic carbocycles. The van der Waals surface area contributed by atoms with Gasteiger partial charge >= 0.3 is 0 Å². The number of nitrogens with zero attached hydrogens (tertiary/aromatic N) is 5. The molecule has 0 amide bonds. The molecule has 0 N–H and O–H groups in total. The summed E-state index contributed by atoms with van der Waals surface area (Å²) in [6, 6.07) is 7.88. The van der Waals surface area contributed by atoms with E-state index in [9.17, 15) is 0 Å². The number of thioether (sulfide) groups is 1. The van der Waals surface area contributed by atoms with Crippen molar-refractivity contribution in [2.24, 2.45) is 0 Å². The third kappa shape index (κ3) is 5.27. The van der Waals surface area contributed by atoms with Crippen molar-refractivity contribution in [1.29, 1.82) is 0 Å². The number of rotatable bonds is 10. The highest BCUT2D eigenvalue weighted by molar-refractivity contribution is 7.99. The van der Waals surface area contributed by atoms with Crippen LogP contribution < -0.4 is 4.74 Å². The lowest BCUT2D eigenvalue weighted by Crippen LogP contribution is -2.16. The van der Waals surface area contributed by atoms with Crippen molar-refractivity contribution in [3.8, 4) is 17.1 Å². The monoisotopic (exact) mass is 443 g/mol. The zero-order valence-electron chi connectivity index (χ0n) is 18.3. The number of methoxy groups -OCH3 is 1. The Labute approximate surface area is 186 Å². The van der Waals surface area contributed by atoms with Gasteiger partial charge in [-0.15, -0.1) is 10.2 Å². The molecule has 1 aliphatic heterocycles. The van der Waals surface area contributed by atoms with Crippen LogP contribution in [0.4, 0.5) is 0 Å². The van der Waals surface area contributed by atoms with Crippen molar-refractivity contribution >= 4 is 11.8 Å². The van der Waals surface area contributed by atoms with Crippen LogP contribution in [-0.4, -0.2) is 44.7 Å². The van der Waals surface area contributed by atoms with Crippen molar-refractivity contribution < 1.29 is 14.0 Å². The van der Waals surface area contributed by atoms with Crippen LogP contribution in [0.2, 0.25) is 0 Å². The topological polar surface area (TPSA) is 88.1 Å². The van der Waals surface area contributed by atoms with Crippen LogP contribution in [0, 0.1) is 0 Å². The maximum atomic E-state index is 5.89. The van der Waals surface area contributed by atoms with Gasteiger partial charge in [-0.1, -0.05) is 30.3 Å². The first-order valence-electron chi connectivity index (χ1n) is 10.9. The molecule has 3 aromatic rings. The van der Waals surface area contributed by atoms with Crippen LogP contribution in [0.1, 0.15) is 56.5 Å². The van der Waals surface area contributed by atoms with Gasteiger partial charge < -0.3 is 14.0 Å². The zero-order valence-corrected chi connectivity index (χ0v) is 19.1. The molecule has 2 unspecified atom stereocenters. The third-order valence-electron chi connectivity index (χ3n) is 5.34. The Balaban J connectivity index is 1.57. The SMILES string of the molecule is CCCCc1noc(C(C)Sc2nnc(-c3ccc(OC)cc3)n2CC2CCCO2)n1. The van der Waals surface area contributed by atoms with E-state index in [1.807, 2.05) is 24.3 Å². The van der Waals surface area contributed by atoms with Gasteiger partial charge in [-0.3, -0.25) is 4.57 Å². The molecular formula is C22H29N5O3S. The van der Waals surface area contributed by atoms with Crippen LogP contribution >= 0.6 is 11.8 Å². The Morgan fingerprint density at radius 1 is 1.26 bits per heavy atom. The first kappa shape index (κ1) is 21.8. The summed E-state index contributed by atoms with van der Waals surface area (Å²) < 4.78 is 18.8. The molecular weight excluding hydrogens is 414 g/mol. The summed E-state index contributed by atoms with van der Waals surface area (Å²) in [5, 5.41) is 13.9. The number of benzene rings is 1. The van der Waals surface area contributed by atoms with Crippen LogP contribution in [0.3, 0.4) is 0 Å². The molecule has 0 aliphatic carbocycles. The van der Waals surface area contributed by atoms with Gasteiger partial charge in [0, 0.05) is 18.6 Å². The van der Waals surface area contributed by atoms with E-state index in [0.717, 1.165) is 73.4 Å². The van der Waals surface area contributed by atoms with E-state index in [1.54, 1.807) is 18.9 Å². The van der Waals surface area contributed by atoms with Crippen molar-refractivity contribution in [1.82, 2.24) is 24.9 Å². The molecule has 0 spiro atoms. The number of ether oxygens (including phenoxy) is 2. The highest BCUT2D eigenvalue weighted by atomic mass is 32.2. The van der Waals surface area contributed by atoms with Gasteiger partial charge in [0.1, 0.15) is 5.75 Å². The van der Waals surface area contributed by atoms with Gasteiger partial charge in [0.05, 0.1) is 25.0 Å². The fourth-order valence-corrected chi connectivity index (χ4v) is 4.45. The fraction of sp³-hybridized carbons (Fsp3) is 0.545. The molecule has 8 nitrogen and oxygen atoms in total. The maximum Gasteiger partial charge on any atom is 0.239 e. The minimum absolute atomic E-state index is 0.0287. The molecule has 1 aliphatic rings. The molecule has 2 aromatic heterocycles. The highest BCUT2D eigenvalue weighted by Crippen LogP contribution is 2.35. The standard InChI is InChI=1S/C22H29N5O3S/c1-4-5-8-19-23-21(30-26-19)15(2)31-22-25-24-20(16-9-11-17(28-3)12-10-16)27(22)14-18-7-6-13-29-18/h9-12,15,18H,4-8,13-14H2,1-3H3. The summed E-state index contributed by atoms with van der Waals surface area (Å²) >= 11 is 1.58. The number of hydrogen-bond donors (Lipinski definition) is 0. The lowest BCUT2D eigenvalue weighted by Gasteiger charge is -2.15. The molecule has 9 heteroatoms. The average Bonchev–Trinajstić information content (AvgIpc) is 3.55. The first-order chi connectivity index (χ1) is 15.2. The van der Waals surface area contributed by atoms with Gasteiger partial charge in [0.25, 0.3) is 0 Å². The largest absolute Gasteiger partial charge is 0.497 e. The Bertz CT molecular complexity index is 966. The highest BCUT2D eigenvalue weighted by Gasteiger charge is 2.25. The number of aromatic nitrogens is 5. The first-order valence-corrected chi connectivity index (χ1v) is 11.7. The molecule has 2 atom stereocenters. The quantitative estimate of drug-likeness (QED) is 0.416. The summed E-state index contributed by atoms with van der Waals surface area (Å²) in [5.41, 5.74) is 0.991. The molecule has 1 fully saturated rings. The van der Waals surface area contributed by atoms with Crippen molar-refractivity contribution in [3.63, 3.8) is 0 Å². The molecule has 166 valence electrons. The molecule has 4 rings (SSSR count). The van der Waals surface area contributed by atoms with Gasteiger partial charge in [0.15, 0.2) is 16.8 Å². The molecule has 0 radical (unpaired) electrons. The normalized spacial score (nSPS) is 17.2. The predicted octanol–water partition coefficient (Wildman–Crippen LogP) is 4.71. The predicted molar refractivity (Wildman–Crippen MR) is 118 cm³/mol. The minimum atomic E-state index is -0.0287. The van der Waals surface area contributed by atoms with E-state index in [-0.39, 0.29) is 11.4 Å². The molecule has 0 saturated carbocycles. The number of hydrogen-bond acceptors (Lipinski definition) is 8. The maximum absolute atomic E-state index is 5.89. The Kier molecular flexibility index (Phi) is 7.24. The van der Waals surface area contributed by atoms with Crippen LogP contribution in [0.5, 0.6) is 5.75 Å². The van der Waals surface area contributed by atoms with Crippen molar-refractivity contribution in [2.75, 3.05) is 13.7 Å². The second-order valence-electron chi connectivity index (χ2n) is 7.69. The number of unbranched alkanes of at least 4 members (excludes halogenated alkanes) is 1. The van der Waals surface area contributed by atoms with Crippen molar-refractivity contribution in [2.45, 2.75) is 69.0 Å². The summed E-state index contributed by atoms with van der Waals surface area (Å²) in [6.45, 7) is 5.74. The van der Waals surface area contributed by atoms with Gasteiger partial charge in [-0.25, -0.2) is 0 Å². The van der Waals surface area contributed by atoms with Gasteiger partial charge in [-0.05, 0) is 50.5 Å². The number of aryl methyl sites for hydroxylation is 1. The fourth-order valence-electron chi connectivity index (χ4n) is 3.56. The smallest absolute Gasteiger partial charge is 0.239 e. The van der Waals surface area contributed by atoms with Crippen molar-refractivity contribution in [3.05, 3.63) is 36.0 Å². The second-order valence-corrected chi connectivity index (χ2v) is 9.00. The summed E-state index contributed by atoms with van der Waals surface area (Å²) in [6.07, 6.45) is 5.31. The van der Waals surface area contributed by atoms with Gasteiger partial charge in [-0.2, -0.15) is 4.98 Å². The molecule has 3 heterocycles. The lowest BCUT2D eigenvalue weighted by atomic mass is 10.2. The van der Waals surface area contributed by atoms with E-state index in [2.05, 4.69) is 38.8 Å². The summed E-state index contributed by atoms with van der Waals surface area (Å²) in [7, 11) is 1.66. The zero-order chi connectivity index (χ0) is 21.6. The second kappa shape index (κ2) is 10.3. The molecule has 31 heavy (non-hydrogen) atoms. The third-order valence-corrected chi connectivity index (χ3v) is 6.41. The van der Waals surface area contributed by atoms with Crippen LogP contribution in [0.25, 0.3) is 11.4 Å². The molecule has 0 bridgehead atoms. The Morgan fingerprint density at radius 3 is 2.81 bits per heavy atom. The van der Waals surface area contributed by atoms with E-state index in [4.69, 9.17) is 14.0 Å². The lowest BCUT2D eigenvalue weighted by molar-refractivity contribution is 0.0953. The Morgan fingerprint density at radius 2 is 2.10 bits per heavy atom. The summed E-state index contributed by atoms with van der Waals surface area (Å²) in [4.78, 5) is 4.57. The van der Waals surface area contributed by atoms with E-state index < -0.39 is 0 Å². The minimum Gasteiger partial charge on any atom is -0.497 e.